The molecule has 0 unspecified atom stereocenters. The fourth-order valence-electron chi connectivity index (χ4n) is 3.97. The minimum Gasteiger partial charge on any atom is -0.352 e. The normalized spacial score (nSPS) is 13.2. The number of nitrogens with zero attached hydrogens (tertiary/aromatic N) is 2. The van der Waals surface area contributed by atoms with Gasteiger partial charge in [-0.3, -0.25) is 13.9 Å². The molecule has 2 amide bonds. The quantitative estimate of drug-likeness (QED) is 0.257. The number of carbonyl (C=O) groups excluding carboxylic acids is 2. The second kappa shape index (κ2) is 13.8. The predicted molar refractivity (Wildman–Crippen MR) is 157 cm³/mol. The number of sulfonamides is 1. The van der Waals surface area contributed by atoms with Gasteiger partial charge in [0.15, 0.2) is 0 Å². The molecule has 1 N–H and O–H groups in total. The SMILES string of the molecule is CC[C@@H](C)NC(=O)[C@@H](C)N(Cc1ccccc1Cl)C(=O)CN(c1cc(C(F)(F)F)ccc1Cl)S(=O)(=O)c1ccccc1. The summed E-state index contributed by atoms with van der Waals surface area (Å²) in [4.78, 5) is 27.9. The maximum atomic E-state index is 13.9. The van der Waals surface area contributed by atoms with Crippen molar-refractivity contribution in [3.05, 3.63) is 94.0 Å². The largest absolute Gasteiger partial charge is 0.416 e. The van der Waals surface area contributed by atoms with Crippen molar-refractivity contribution < 1.29 is 31.2 Å². The minimum absolute atomic E-state index is 0.177. The summed E-state index contributed by atoms with van der Waals surface area (Å²) in [6, 6.07) is 14.4. The van der Waals surface area contributed by atoms with Crippen molar-refractivity contribution in [3.8, 4) is 0 Å². The lowest BCUT2D eigenvalue weighted by molar-refractivity contribution is -0.139. The Morgan fingerprint density at radius 2 is 1.55 bits per heavy atom. The molecule has 2 atom stereocenters. The van der Waals surface area contributed by atoms with Crippen molar-refractivity contribution in [1.29, 1.82) is 0 Å². The number of alkyl halides is 3. The van der Waals surface area contributed by atoms with Crippen LogP contribution < -0.4 is 9.62 Å². The van der Waals surface area contributed by atoms with E-state index in [-0.39, 0.29) is 22.5 Å². The first-order valence-corrected chi connectivity index (χ1v) is 15.1. The molecule has 13 heteroatoms. The van der Waals surface area contributed by atoms with Crippen LogP contribution in [0.1, 0.15) is 38.3 Å². The number of benzene rings is 3. The molecule has 0 spiro atoms. The van der Waals surface area contributed by atoms with Gasteiger partial charge in [0.2, 0.25) is 11.8 Å². The van der Waals surface area contributed by atoms with E-state index in [9.17, 15) is 31.2 Å². The molecule has 3 aromatic carbocycles. The summed E-state index contributed by atoms with van der Waals surface area (Å²) in [5.74, 6) is -1.37. The first-order valence-electron chi connectivity index (χ1n) is 12.9. The second-order valence-corrected chi connectivity index (χ2v) is 12.3. The van der Waals surface area contributed by atoms with Gasteiger partial charge in [-0.25, -0.2) is 8.42 Å². The van der Waals surface area contributed by atoms with Crippen molar-refractivity contribution in [2.24, 2.45) is 0 Å². The van der Waals surface area contributed by atoms with Crippen LogP contribution in [0.5, 0.6) is 0 Å². The Bertz CT molecular complexity index is 1520. The van der Waals surface area contributed by atoms with Gasteiger partial charge in [-0.15, -0.1) is 0 Å². The molecule has 42 heavy (non-hydrogen) atoms. The average Bonchev–Trinajstić information content (AvgIpc) is 2.95. The smallest absolute Gasteiger partial charge is 0.352 e. The van der Waals surface area contributed by atoms with Crippen LogP contribution in [-0.2, 0) is 32.3 Å². The molecule has 0 bridgehead atoms. The Hall–Kier alpha value is -3.28. The standard InChI is InChI=1S/C29H30Cl2F3N3O4S/c1-4-19(2)35-28(39)20(3)36(17-21-10-8-9-13-24(21)30)27(38)18-37(42(40,41)23-11-6-5-7-12-23)26-16-22(29(32,33)34)14-15-25(26)31/h5-16,19-20H,4,17-18H2,1-3H3,(H,35,39)/t19-,20-/m1/s1. The van der Waals surface area contributed by atoms with Crippen molar-refractivity contribution >= 4 is 50.7 Å². The van der Waals surface area contributed by atoms with E-state index in [1.807, 2.05) is 6.92 Å². The Morgan fingerprint density at radius 1 is 0.929 bits per heavy atom. The molecule has 0 saturated carbocycles. The molecular formula is C29H30Cl2F3N3O4S. The van der Waals surface area contributed by atoms with Gasteiger partial charge in [0.1, 0.15) is 12.6 Å². The Kier molecular flexibility index (Phi) is 10.9. The van der Waals surface area contributed by atoms with Gasteiger partial charge in [0, 0.05) is 17.6 Å². The molecule has 0 aliphatic rings. The van der Waals surface area contributed by atoms with Crippen molar-refractivity contribution in [1.82, 2.24) is 10.2 Å². The second-order valence-electron chi connectivity index (χ2n) is 9.60. The van der Waals surface area contributed by atoms with E-state index in [0.29, 0.717) is 33.4 Å². The van der Waals surface area contributed by atoms with Crippen LogP contribution in [0, 0.1) is 0 Å². The highest BCUT2D eigenvalue weighted by molar-refractivity contribution is 7.92. The van der Waals surface area contributed by atoms with Crippen LogP contribution in [0.3, 0.4) is 0 Å². The molecule has 7 nitrogen and oxygen atoms in total. The van der Waals surface area contributed by atoms with Crippen LogP contribution in [0.15, 0.2) is 77.7 Å². The van der Waals surface area contributed by atoms with Crippen LogP contribution in [0.2, 0.25) is 10.0 Å². The van der Waals surface area contributed by atoms with Crippen LogP contribution >= 0.6 is 23.2 Å². The first-order chi connectivity index (χ1) is 19.7. The number of carbonyl (C=O) groups is 2. The molecule has 0 saturated heterocycles. The fraction of sp³-hybridized carbons (Fsp3) is 0.310. The van der Waals surface area contributed by atoms with Gasteiger partial charge in [-0.2, -0.15) is 13.2 Å². The Balaban J connectivity index is 2.13. The lowest BCUT2D eigenvalue weighted by Crippen LogP contribution is -2.52. The maximum absolute atomic E-state index is 13.9. The molecule has 3 aromatic rings. The van der Waals surface area contributed by atoms with E-state index in [2.05, 4.69) is 5.32 Å². The highest BCUT2D eigenvalue weighted by Gasteiger charge is 2.36. The highest BCUT2D eigenvalue weighted by Crippen LogP contribution is 2.37. The molecule has 3 rings (SSSR count). The lowest BCUT2D eigenvalue weighted by atomic mass is 10.1. The number of nitrogens with one attached hydrogen (secondary N) is 1. The highest BCUT2D eigenvalue weighted by atomic mass is 35.5. The third-order valence-electron chi connectivity index (χ3n) is 6.62. The molecule has 226 valence electrons. The first kappa shape index (κ1) is 33.2. The zero-order chi connectivity index (χ0) is 31.2. The number of rotatable bonds is 11. The van der Waals surface area contributed by atoms with Gasteiger partial charge in [0.05, 0.1) is 21.2 Å². The molecule has 0 radical (unpaired) electrons. The van der Waals surface area contributed by atoms with E-state index < -0.39 is 51.9 Å². The number of hydrogen-bond acceptors (Lipinski definition) is 4. The molecule has 0 heterocycles. The molecule has 0 aromatic heterocycles. The van der Waals surface area contributed by atoms with E-state index >= 15 is 0 Å². The molecule has 0 aliphatic heterocycles. The van der Waals surface area contributed by atoms with Gasteiger partial charge < -0.3 is 10.2 Å². The van der Waals surface area contributed by atoms with Crippen LogP contribution in [0.25, 0.3) is 0 Å². The summed E-state index contributed by atoms with van der Waals surface area (Å²) >= 11 is 12.6. The van der Waals surface area contributed by atoms with Gasteiger partial charge in [-0.1, -0.05) is 66.5 Å². The monoisotopic (exact) mass is 643 g/mol. The van der Waals surface area contributed by atoms with Crippen molar-refractivity contribution in [2.45, 2.75) is 56.9 Å². The minimum atomic E-state index is -4.82. The number of halogens is 5. The van der Waals surface area contributed by atoms with Gasteiger partial charge in [-0.05, 0) is 62.2 Å². The summed E-state index contributed by atoms with van der Waals surface area (Å²) in [7, 11) is -4.61. The summed E-state index contributed by atoms with van der Waals surface area (Å²) < 4.78 is 69.1. The Labute approximate surface area is 253 Å². The molecular weight excluding hydrogens is 614 g/mol. The van der Waals surface area contributed by atoms with Crippen LogP contribution in [0.4, 0.5) is 18.9 Å². The fourth-order valence-corrected chi connectivity index (χ4v) is 5.88. The van der Waals surface area contributed by atoms with Crippen molar-refractivity contribution in [2.75, 3.05) is 10.8 Å². The predicted octanol–water partition coefficient (Wildman–Crippen LogP) is 6.54. The van der Waals surface area contributed by atoms with E-state index in [0.717, 1.165) is 11.0 Å². The summed E-state index contributed by atoms with van der Waals surface area (Å²) in [5, 5.41) is 2.78. The van der Waals surface area contributed by atoms with E-state index in [4.69, 9.17) is 23.2 Å². The molecule has 0 fully saturated rings. The van der Waals surface area contributed by atoms with Gasteiger partial charge in [0.25, 0.3) is 10.0 Å². The zero-order valence-corrected chi connectivity index (χ0v) is 25.4. The molecule has 0 aliphatic carbocycles. The number of hydrogen-bond donors (Lipinski definition) is 1. The summed E-state index contributed by atoms with van der Waals surface area (Å²) in [6.45, 7) is 3.99. The zero-order valence-electron chi connectivity index (χ0n) is 23.0. The van der Waals surface area contributed by atoms with Crippen LogP contribution in [-0.4, -0.2) is 43.8 Å². The average molecular weight is 645 g/mol. The van der Waals surface area contributed by atoms with E-state index in [1.165, 1.54) is 31.2 Å². The third kappa shape index (κ3) is 7.96. The van der Waals surface area contributed by atoms with Gasteiger partial charge >= 0.3 is 6.18 Å². The Morgan fingerprint density at radius 3 is 2.14 bits per heavy atom. The number of amides is 2. The van der Waals surface area contributed by atoms with Crippen molar-refractivity contribution in [3.63, 3.8) is 0 Å². The number of anilines is 1. The summed E-state index contributed by atoms with van der Waals surface area (Å²) in [5.41, 5.74) is -1.22. The maximum Gasteiger partial charge on any atom is 0.416 e. The summed E-state index contributed by atoms with van der Waals surface area (Å²) in [6.07, 6.45) is -4.20. The lowest BCUT2D eigenvalue weighted by Gasteiger charge is -2.33. The third-order valence-corrected chi connectivity index (χ3v) is 9.08. The topological polar surface area (TPSA) is 86.8 Å². The van der Waals surface area contributed by atoms with E-state index in [1.54, 1.807) is 37.3 Å².